The zero-order chi connectivity index (χ0) is 10.6. The highest BCUT2D eigenvalue weighted by Gasteiger charge is 1.99. The van der Waals surface area contributed by atoms with Crippen molar-refractivity contribution in [2.24, 2.45) is 0 Å². The maximum absolute atomic E-state index is 11.4. The Morgan fingerprint density at radius 2 is 1.86 bits per heavy atom. The van der Waals surface area contributed by atoms with Gasteiger partial charge in [-0.25, -0.2) is 0 Å². The Morgan fingerprint density at radius 3 is 2.29 bits per heavy atom. The third-order valence-electron chi connectivity index (χ3n) is 1.79. The number of hydrogen-bond donors (Lipinski definition) is 1. The predicted molar refractivity (Wildman–Crippen MR) is 60.9 cm³/mol. The van der Waals surface area contributed by atoms with E-state index in [1.807, 2.05) is 30.3 Å². The van der Waals surface area contributed by atoms with Crippen molar-refractivity contribution in [3.8, 4) is 0 Å². The summed E-state index contributed by atoms with van der Waals surface area (Å²) < 4.78 is 11.4. The van der Waals surface area contributed by atoms with Crippen LogP contribution in [0.2, 0.25) is 0 Å². The summed E-state index contributed by atoms with van der Waals surface area (Å²) in [4.78, 5) is 0. The highest BCUT2D eigenvalue weighted by atomic mass is 31.2. The lowest BCUT2D eigenvalue weighted by molar-refractivity contribution is 0.282. The third kappa shape index (κ3) is 3.91. The lowest BCUT2D eigenvalue weighted by Gasteiger charge is -1.99. The number of rotatable bonds is 3. The van der Waals surface area contributed by atoms with Crippen LogP contribution < -0.4 is 0 Å². The molecule has 0 saturated carbocycles. The van der Waals surface area contributed by atoms with E-state index in [9.17, 15) is 4.57 Å². The molecule has 0 heterocycles. The summed E-state index contributed by atoms with van der Waals surface area (Å²) in [5.74, 6) is 1.74. The Labute approximate surface area is 84.7 Å². The van der Waals surface area contributed by atoms with E-state index in [1.165, 1.54) is 0 Å². The van der Waals surface area contributed by atoms with Gasteiger partial charge in [0.05, 0.1) is 6.61 Å². The summed E-state index contributed by atoms with van der Waals surface area (Å²) in [7, 11) is -2.08. The minimum absolute atomic E-state index is 0.0596. The van der Waals surface area contributed by atoms with E-state index in [0.717, 1.165) is 11.1 Å². The largest absolute Gasteiger partial charge is 0.392 e. The first-order valence-electron chi connectivity index (χ1n) is 4.45. The van der Waals surface area contributed by atoms with Gasteiger partial charge in [0.1, 0.15) is 7.14 Å². The van der Waals surface area contributed by atoms with Gasteiger partial charge in [-0.1, -0.05) is 30.3 Å². The minimum atomic E-state index is -2.08. The maximum atomic E-state index is 11.4. The zero-order valence-corrected chi connectivity index (χ0v) is 9.37. The Hall–Kier alpha value is -0.850. The van der Waals surface area contributed by atoms with Crippen molar-refractivity contribution in [3.63, 3.8) is 0 Å². The first-order chi connectivity index (χ1) is 6.51. The Balaban J connectivity index is 2.79. The van der Waals surface area contributed by atoms with Gasteiger partial charge in [0, 0.05) is 0 Å². The molecule has 2 nitrogen and oxygen atoms in total. The van der Waals surface area contributed by atoms with Crippen LogP contribution in [-0.4, -0.2) is 18.4 Å². The molecule has 0 aliphatic carbocycles. The highest BCUT2D eigenvalue weighted by Crippen LogP contribution is 2.38. The van der Waals surface area contributed by atoms with Crippen LogP contribution >= 0.6 is 7.14 Å². The summed E-state index contributed by atoms with van der Waals surface area (Å²) >= 11 is 0. The normalized spacial score (nSPS) is 12.2. The molecule has 1 aromatic carbocycles. The Bertz CT molecular complexity index is 359. The summed E-state index contributed by atoms with van der Waals surface area (Å²) in [6.07, 6.45) is 1.85. The van der Waals surface area contributed by atoms with E-state index in [0.29, 0.717) is 0 Å². The van der Waals surface area contributed by atoms with Crippen LogP contribution in [0.4, 0.5) is 0 Å². The van der Waals surface area contributed by atoms with E-state index in [1.54, 1.807) is 19.1 Å². The molecule has 1 N–H and O–H groups in total. The molecule has 3 heteroatoms. The highest BCUT2D eigenvalue weighted by molar-refractivity contribution is 7.65. The van der Waals surface area contributed by atoms with Gasteiger partial charge in [0.15, 0.2) is 0 Å². The molecule has 14 heavy (non-hydrogen) atoms. The average molecular weight is 210 g/mol. The van der Waals surface area contributed by atoms with Crippen molar-refractivity contribution in [3.05, 3.63) is 41.2 Å². The number of hydrogen-bond acceptors (Lipinski definition) is 2. The molecule has 1 aromatic rings. The molecule has 0 bridgehead atoms. The fourth-order valence-electron chi connectivity index (χ4n) is 1.000. The fourth-order valence-corrected chi connectivity index (χ4v) is 1.53. The predicted octanol–water partition coefficient (Wildman–Crippen LogP) is 2.77. The van der Waals surface area contributed by atoms with Gasteiger partial charge >= 0.3 is 0 Å². The second kappa shape index (κ2) is 4.59. The van der Waals surface area contributed by atoms with Gasteiger partial charge in [-0.15, -0.1) is 0 Å². The molecule has 0 spiro atoms. The first-order valence-corrected chi connectivity index (χ1v) is 7.12. The summed E-state index contributed by atoms with van der Waals surface area (Å²) in [6, 6.07) is 7.52. The second-order valence-corrected chi connectivity index (χ2v) is 6.82. The monoisotopic (exact) mass is 210 g/mol. The smallest absolute Gasteiger partial charge is 0.102 e. The van der Waals surface area contributed by atoms with Crippen molar-refractivity contribution < 1.29 is 9.67 Å². The van der Waals surface area contributed by atoms with Crippen molar-refractivity contribution in [2.45, 2.75) is 6.61 Å². The lowest BCUT2D eigenvalue weighted by atomic mass is 10.1. The van der Waals surface area contributed by atoms with Crippen molar-refractivity contribution in [1.82, 2.24) is 0 Å². The van der Waals surface area contributed by atoms with E-state index in [2.05, 4.69) is 0 Å². The summed E-state index contributed by atoms with van der Waals surface area (Å²) in [6.45, 7) is 3.52. The van der Waals surface area contributed by atoms with Crippen LogP contribution in [0.1, 0.15) is 11.1 Å². The Kier molecular flexibility index (Phi) is 3.68. The van der Waals surface area contributed by atoms with Crippen LogP contribution in [-0.2, 0) is 11.2 Å². The van der Waals surface area contributed by atoms with Crippen molar-refractivity contribution >= 4 is 13.2 Å². The molecule has 0 amide bonds. The first kappa shape index (κ1) is 11.2. The lowest BCUT2D eigenvalue weighted by Crippen LogP contribution is -1.81. The topological polar surface area (TPSA) is 37.3 Å². The quantitative estimate of drug-likeness (QED) is 0.779. The van der Waals surface area contributed by atoms with Crippen LogP contribution in [0.5, 0.6) is 0 Å². The molecule has 1 rings (SSSR count). The van der Waals surface area contributed by atoms with Gasteiger partial charge in [0.25, 0.3) is 0 Å². The van der Waals surface area contributed by atoms with Crippen LogP contribution in [0.3, 0.4) is 0 Å². The molecular weight excluding hydrogens is 195 g/mol. The molecule has 0 aliphatic rings. The van der Waals surface area contributed by atoms with E-state index < -0.39 is 7.14 Å². The standard InChI is InChI=1S/C11H15O2P/c1-14(2,13)8-7-10-3-5-11(9-12)6-4-10/h3-8,12H,9H2,1-2H3/b8-7-. The van der Waals surface area contributed by atoms with Crippen molar-refractivity contribution in [2.75, 3.05) is 13.3 Å². The summed E-state index contributed by atoms with van der Waals surface area (Å²) in [5, 5.41) is 8.83. The molecule has 0 aliphatic heterocycles. The minimum Gasteiger partial charge on any atom is -0.392 e. The Morgan fingerprint density at radius 1 is 1.29 bits per heavy atom. The maximum Gasteiger partial charge on any atom is 0.102 e. The van der Waals surface area contributed by atoms with Gasteiger partial charge in [0.2, 0.25) is 0 Å². The number of aliphatic hydroxyl groups is 1. The van der Waals surface area contributed by atoms with Gasteiger partial charge in [-0.2, -0.15) is 0 Å². The molecule has 0 aromatic heterocycles. The second-order valence-electron chi connectivity index (χ2n) is 3.65. The third-order valence-corrected chi connectivity index (χ3v) is 2.66. The SMILES string of the molecule is CP(C)(=O)/C=C\c1ccc(CO)cc1. The van der Waals surface area contributed by atoms with Gasteiger partial charge < -0.3 is 9.67 Å². The molecule has 0 atom stereocenters. The number of aliphatic hydroxyl groups excluding tert-OH is 1. The zero-order valence-electron chi connectivity index (χ0n) is 8.47. The van der Waals surface area contributed by atoms with E-state index >= 15 is 0 Å². The van der Waals surface area contributed by atoms with Crippen molar-refractivity contribution in [1.29, 1.82) is 0 Å². The molecule has 0 saturated heterocycles. The molecular formula is C11H15O2P. The van der Waals surface area contributed by atoms with E-state index in [4.69, 9.17) is 5.11 Å². The fraction of sp³-hybridized carbons (Fsp3) is 0.273. The molecule has 0 unspecified atom stereocenters. The molecule has 0 fully saturated rings. The van der Waals surface area contributed by atoms with Crippen LogP contribution in [0.15, 0.2) is 30.1 Å². The van der Waals surface area contributed by atoms with E-state index in [-0.39, 0.29) is 6.61 Å². The van der Waals surface area contributed by atoms with Crippen LogP contribution in [0, 0.1) is 0 Å². The van der Waals surface area contributed by atoms with Crippen LogP contribution in [0.25, 0.3) is 6.08 Å². The molecule has 0 radical (unpaired) electrons. The summed E-state index contributed by atoms with van der Waals surface area (Å²) in [5.41, 5.74) is 1.89. The van der Waals surface area contributed by atoms with Gasteiger partial charge in [-0.3, -0.25) is 0 Å². The average Bonchev–Trinajstić information content (AvgIpc) is 2.14. The van der Waals surface area contributed by atoms with Gasteiger partial charge in [-0.05, 0) is 30.3 Å². The molecule has 76 valence electrons. The number of benzene rings is 1.